The van der Waals surface area contributed by atoms with Crippen LogP contribution in [0.25, 0.3) is 0 Å². The molecule has 1 atom stereocenters. The number of alkyl halides is 3. The lowest BCUT2D eigenvalue weighted by Crippen LogP contribution is -2.30. The van der Waals surface area contributed by atoms with Crippen LogP contribution < -0.4 is 5.32 Å². The van der Waals surface area contributed by atoms with Crippen molar-refractivity contribution in [3.8, 4) is 0 Å². The van der Waals surface area contributed by atoms with Gasteiger partial charge in [-0.3, -0.25) is 0 Å². The van der Waals surface area contributed by atoms with Crippen molar-refractivity contribution in [1.82, 2.24) is 5.32 Å². The van der Waals surface area contributed by atoms with E-state index in [1.165, 1.54) is 0 Å². The van der Waals surface area contributed by atoms with Crippen molar-refractivity contribution in [2.24, 2.45) is 0 Å². The second-order valence-electron chi connectivity index (χ2n) is 4.26. The Morgan fingerprint density at radius 3 is 2.47 bits per heavy atom. The third-order valence-electron chi connectivity index (χ3n) is 2.03. The van der Waals surface area contributed by atoms with Gasteiger partial charge in [0.1, 0.15) is 6.61 Å². The Labute approximate surface area is 101 Å². The normalized spacial score (nSPS) is 13.5. The van der Waals surface area contributed by atoms with E-state index >= 15 is 0 Å². The van der Waals surface area contributed by atoms with Gasteiger partial charge in [0.15, 0.2) is 0 Å². The third-order valence-corrected chi connectivity index (χ3v) is 2.03. The first-order valence-corrected chi connectivity index (χ1v) is 5.88. The van der Waals surface area contributed by atoms with Gasteiger partial charge >= 0.3 is 6.18 Å². The number of allylic oxidation sites excluding steroid dienone is 1. The molecule has 0 saturated carbocycles. The predicted molar refractivity (Wildman–Crippen MR) is 63.0 cm³/mol. The first kappa shape index (κ1) is 16.4. The summed E-state index contributed by atoms with van der Waals surface area (Å²) in [7, 11) is 0. The van der Waals surface area contributed by atoms with Crippen LogP contribution in [0, 0.1) is 0 Å². The van der Waals surface area contributed by atoms with E-state index in [0.717, 1.165) is 18.5 Å². The van der Waals surface area contributed by atoms with Gasteiger partial charge in [0.25, 0.3) is 0 Å². The van der Waals surface area contributed by atoms with Gasteiger partial charge in [-0.05, 0) is 33.2 Å². The van der Waals surface area contributed by atoms with Gasteiger partial charge in [-0.15, -0.1) is 0 Å². The van der Waals surface area contributed by atoms with Crippen molar-refractivity contribution in [1.29, 1.82) is 0 Å². The topological polar surface area (TPSA) is 21.3 Å². The lowest BCUT2D eigenvalue weighted by atomic mass is 10.1. The van der Waals surface area contributed by atoms with Crippen molar-refractivity contribution in [2.45, 2.75) is 45.8 Å². The highest BCUT2D eigenvalue weighted by Crippen LogP contribution is 2.14. The van der Waals surface area contributed by atoms with Crippen LogP contribution in [-0.4, -0.2) is 32.0 Å². The van der Waals surface area contributed by atoms with Gasteiger partial charge in [-0.25, -0.2) is 0 Å². The minimum atomic E-state index is -4.23. The van der Waals surface area contributed by atoms with Crippen molar-refractivity contribution in [3.05, 3.63) is 11.6 Å². The van der Waals surface area contributed by atoms with Crippen LogP contribution in [0.4, 0.5) is 13.2 Å². The van der Waals surface area contributed by atoms with E-state index in [0.29, 0.717) is 6.42 Å². The van der Waals surface area contributed by atoms with Gasteiger partial charge in [0.05, 0.1) is 0 Å². The highest BCUT2D eigenvalue weighted by atomic mass is 19.4. The molecule has 0 aliphatic heterocycles. The second-order valence-corrected chi connectivity index (χ2v) is 4.26. The van der Waals surface area contributed by atoms with E-state index in [4.69, 9.17) is 0 Å². The summed E-state index contributed by atoms with van der Waals surface area (Å²) in [6, 6.07) is 0.0909. The Morgan fingerprint density at radius 1 is 1.35 bits per heavy atom. The molecule has 0 radical (unpaired) electrons. The number of halogens is 3. The summed E-state index contributed by atoms with van der Waals surface area (Å²) in [6.45, 7) is 5.79. The highest BCUT2D eigenvalue weighted by Gasteiger charge is 2.27. The first-order chi connectivity index (χ1) is 7.85. The first-order valence-electron chi connectivity index (χ1n) is 5.88. The number of rotatable bonds is 8. The standard InChI is InChI=1S/C12H22F3NO/c1-4-6-16-11(8-10(2)3)5-7-17-9-12(13,14)15/h8,11,16H,4-7,9H2,1-3H3. The van der Waals surface area contributed by atoms with Crippen molar-refractivity contribution in [2.75, 3.05) is 19.8 Å². The van der Waals surface area contributed by atoms with Crippen molar-refractivity contribution in [3.63, 3.8) is 0 Å². The molecule has 2 nitrogen and oxygen atoms in total. The maximum atomic E-state index is 11.8. The van der Waals surface area contributed by atoms with Crippen LogP contribution in [0.1, 0.15) is 33.6 Å². The summed E-state index contributed by atoms with van der Waals surface area (Å²) in [5, 5.41) is 3.26. The fourth-order valence-electron chi connectivity index (χ4n) is 1.37. The Bertz CT molecular complexity index is 222. The monoisotopic (exact) mass is 253 g/mol. The molecule has 0 fully saturated rings. The van der Waals surface area contributed by atoms with Gasteiger partial charge in [0.2, 0.25) is 0 Å². The summed E-state index contributed by atoms with van der Waals surface area (Å²) < 4.78 is 40.1. The SMILES string of the molecule is CCCNC(C=C(C)C)CCOCC(F)(F)F. The van der Waals surface area contributed by atoms with Crippen LogP contribution in [0.3, 0.4) is 0 Å². The van der Waals surface area contributed by atoms with Crippen LogP contribution in [-0.2, 0) is 4.74 Å². The van der Waals surface area contributed by atoms with Gasteiger partial charge in [0, 0.05) is 12.6 Å². The summed E-state index contributed by atoms with van der Waals surface area (Å²) in [6.07, 6.45) is -0.659. The van der Waals surface area contributed by atoms with Gasteiger partial charge in [-0.2, -0.15) is 13.2 Å². The summed E-state index contributed by atoms with van der Waals surface area (Å²) >= 11 is 0. The van der Waals surface area contributed by atoms with Gasteiger partial charge in [-0.1, -0.05) is 18.6 Å². The fraction of sp³-hybridized carbons (Fsp3) is 0.833. The maximum Gasteiger partial charge on any atom is 0.411 e. The van der Waals surface area contributed by atoms with E-state index in [2.05, 4.69) is 10.1 Å². The summed E-state index contributed by atoms with van der Waals surface area (Å²) in [5.74, 6) is 0. The average molecular weight is 253 g/mol. The highest BCUT2D eigenvalue weighted by molar-refractivity contribution is 5.00. The van der Waals surface area contributed by atoms with E-state index in [-0.39, 0.29) is 12.6 Å². The molecule has 0 rings (SSSR count). The molecule has 1 unspecified atom stereocenters. The van der Waals surface area contributed by atoms with E-state index < -0.39 is 12.8 Å². The molecule has 0 aliphatic rings. The number of hydrogen-bond donors (Lipinski definition) is 1. The fourth-order valence-corrected chi connectivity index (χ4v) is 1.37. The molecule has 0 heterocycles. The van der Waals surface area contributed by atoms with E-state index in [1.807, 2.05) is 26.8 Å². The van der Waals surface area contributed by atoms with Gasteiger partial charge < -0.3 is 10.1 Å². The molecule has 0 aromatic heterocycles. The molecule has 17 heavy (non-hydrogen) atoms. The summed E-state index contributed by atoms with van der Waals surface area (Å²) in [4.78, 5) is 0. The molecule has 0 amide bonds. The second kappa shape index (κ2) is 8.53. The maximum absolute atomic E-state index is 11.8. The lowest BCUT2D eigenvalue weighted by molar-refractivity contribution is -0.174. The van der Waals surface area contributed by atoms with Crippen LogP contribution in [0.15, 0.2) is 11.6 Å². The molecule has 102 valence electrons. The molecule has 0 bridgehead atoms. The van der Waals surface area contributed by atoms with Crippen LogP contribution in [0.5, 0.6) is 0 Å². The quantitative estimate of drug-likeness (QED) is 0.529. The van der Waals surface area contributed by atoms with Crippen molar-refractivity contribution >= 4 is 0 Å². The largest absolute Gasteiger partial charge is 0.411 e. The molecule has 0 aromatic carbocycles. The van der Waals surface area contributed by atoms with Crippen molar-refractivity contribution < 1.29 is 17.9 Å². The molecule has 0 aromatic rings. The molecule has 1 N–H and O–H groups in total. The van der Waals surface area contributed by atoms with Crippen LogP contribution >= 0.6 is 0 Å². The minimum Gasteiger partial charge on any atom is -0.372 e. The Hall–Kier alpha value is -0.550. The predicted octanol–water partition coefficient (Wildman–Crippen LogP) is 3.29. The Balaban J connectivity index is 3.87. The molecule has 0 saturated heterocycles. The molecular formula is C12H22F3NO. The molecule has 0 aliphatic carbocycles. The third kappa shape index (κ3) is 11.7. The Kier molecular flexibility index (Phi) is 8.25. The molecular weight excluding hydrogens is 231 g/mol. The average Bonchev–Trinajstić information content (AvgIpc) is 2.18. The molecule has 5 heteroatoms. The number of hydrogen-bond acceptors (Lipinski definition) is 2. The minimum absolute atomic E-state index is 0.0909. The van der Waals surface area contributed by atoms with E-state index in [1.54, 1.807) is 0 Å². The lowest BCUT2D eigenvalue weighted by Gasteiger charge is -2.16. The smallest absolute Gasteiger partial charge is 0.372 e. The zero-order chi connectivity index (χ0) is 13.3. The zero-order valence-corrected chi connectivity index (χ0v) is 10.7. The molecule has 0 spiro atoms. The van der Waals surface area contributed by atoms with Crippen LogP contribution in [0.2, 0.25) is 0 Å². The zero-order valence-electron chi connectivity index (χ0n) is 10.7. The summed E-state index contributed by atoms with van der Waals surface area (Å²) in [5.41, 5.74) is 1.15. The Morgan fingerprint density at radius 2 is 2.00 bits per heavy atom. The van der Waals surface area contributed by atoms with E-state index in [9.17, 15) is 13.2 Å². The number of ether oxygens (including phenoxy) is 1. The number of nitrogens with one attached hydrogen (secondary N) is 1.